The van der Waals surface area contributed by atoms with E-state index in [-0.39, 0.29) is 6.04 Å². The Balaban J connectivity index is 1.82. The van der Waals surface area contributed by atoms with E-state index >= 15 is 0 Å². The van der Waals surface area contributed by atoms with Gasteiger partial charge in [0.1, 0.15) is 0 Å². The molecule has 0 bridgehead atoms. The van der Waals surface area contributed by atoms with E-state index in [0.717, 1.165) is 39.8 Å². The summed E-state index contributed by atoms with van der Waals surface area (Å²) in [4.78, 5) is 4.45. The van der Waals surface area contributed by atoms with Gasteiger partial charge >= 0.3 is 6.18 Å². The Labute approximate surface area is 147 Å². The lowest BCUT2D eigenvalue weighted by atomic mass is 9.95. The minimum Gasteiger partial charge on any atom is -0.314 e. The van der Waals surface area contributed by atoms with Crippen LogP contribution in [0.3, 0.4) is 0 Å². The number of nitrogens with one attached hydrogen (secondary N) is 1. The Kier molecular flexibility index (Phi) is 3.85. The van der Waals surface area contributed by atoms with Crippen LogP contribution in [0.2, 0.25) is 0 Å². The summed E-state index contributed by atoms with van der Waals surface area (Å²) in [5.74, 6) is 0. The molecular weight excluding hydrogens is 347 g/mol. The van der Waals surface area contributed by atoms with Gasteiger partial charge in [0.25, 0.3) is 0 Å². The van der Waals surface area contributed by atoms with Crippen LogP contribution in [-0.2, 0) is 6.18 Å². The summed E-state index contributed by atoms with van der Waals surface area (Å²) in [5, 5.41) is 1.02. The molecule has 0 amide bonds. The molecule has 0 spiro atoms. The van der Waals surface area contributed by atoms with E-state index in [9.17, 15) is 13.2 Å². The van der Waals surface area contributed by atoms with E-state index in [1.807, 2.05) is 35.6 Å². The van der Waals surface area contributed by atoms with E-state index < -0.39 is 11.7 Å². The van der Waals surface area contributed by atoms with Crippen LogP contribution in [0.15, 0.2) is 54.7 Å². The van der Waals surface area contributed by atoms with Gasteiger partial charge < -0.3 is 4.72 Å². The van der Waals surface area contributed by atoms with Crippen LogP contribution >= 0.6 is 12.1 Å². The molecule has 7 heteroatoms. The van der Waals surface area contributed by atoms with Gasteiger partial charge in [-0.05, 0) is 23.8 Å². The van der Waals surface area contributed by atoms with Crippen molar-refractivity contribution in [2.75, 3.05) is 11.8 Å². The van der Waals surface area contributed by atoms with Gasteiger partial charge in [0, 0.05) is 36.3 Å². The average molecular weight is 361 g/mol. The fourth-order valence-electron chi connectivity index (χ4n) is 3.11. The molecule has 0 aliphatic carbocycles. The third kappa shape index (κ3) is 2.83. The highest BCUT2D eigenvalue weighted by atomic mass is 32.2. The number of anilines is 1. The van der Waals surface area contributed by atoms with Crippen molar-refractivity contribution in [3.8, 4) is 0 Å². The van der Waals surface area contributed by atoms with E-state index in [1.54, 1.807) is 18.3 Å². The molecule has 0 radical (unpaired) electrons. The normalized spacial score (nSPS) is 18.0. The van der Waals surface area contributed by atoms with Crippen LogP contribution in [0.4, 0.5) is 18.9 Å². The van der Waals surface area contributed by atoms with Crippen LogP contribution in [0.1, 0.15) is 22.7 Å². The molecule has 1 atom stereocenters. The van der Waals surface area contributed by atoms with Crippen LogP contribution in [0.25, 0.3) is 10.9 Å². The highest BCUT2D eigenvalue weighted by Gasteiger charge is 2.32. The minimum absolute atomic E-state index is 0.157. The quantitative estimate of drug-likeness (QED) is 0.598. The largest absolute Gasteiger partial charge is 0.416 e. The lowest BCUT2D eigenvalue weighted by molar-refractivity contribution is -0.137. The summed E-state index contributed by atoms with van der Waals surface area (Å²) in [6.45, 7) is 0. The molecule has 1 unspecified atom stereocenters. The van der Waals surface area contributed by atoms with E-state index in [1.165, 1.54) is 12.1 Å². The van der Waals surface area contributed by atoms with Crippen molar-refractivity contribution in [2.45, 2.75) is 12.2 Å². The van der Waals surface area contributed by atoms with Gasteiger partial charge in [-0.2, -0.15) is 13.2 Å². The van der Waals surface area contributed by atoms with Gasteiger partial charge in [-0.3, -0.25) is 4.98 Å². The maximum atomic E-state index is 12.8. The average Bonchev–Trinajstić information content (AvgIpc) is 2.60. The van der Waals surface area contributed by atoms with Crippen LogP contribution < -0.4 is 4.72 Å². The highest BCUT2D eigenvalue weighted by molar-refractivity contribution is 7.98. The number of hydrogen-bond acceptors (Lipinski definition) is 4. The predicted molar refractivity (Wildman–Crippen MR) is 94.0 cm³/mol. The number of rotatable bonds is 1. The Morgan fingerprint density at radius 1 is 1.08 bits per heavy atom. The second-order valence-electron chi connectivity index (χ2n) is 5.87. The molecule has 1 aliphatic heterocycles. The lowest BCUT2D eigenvalue weighted by Crippen LogP contribution is -2.26. The topological polar surface area (TPSA) is 28.2 Å². The summed E-state index contributed by atoms with van der Waals surface area (Å²) >= 11 is 1.41. The fourth-order valence-corrected chi connectivity index (χ4v) is 3.90. The number of halogens is 3. The first-order valence-electron chi connectivity index (χ1n) is 7.66. The molecule has 0 saturated carbocycles. The zero-order valence-electron chi connectivity index (χ0n) is 13.2. The molecule has 3 aromatic rings. The lowest BCUT2D eigenvalue weighted by Gasteiger charge is -2.34. The number of benzene rings is 2. The molecule has 2 aromatic carbocycles. The number of alkyl halides is 3. The third-order valence-corrected chi connectivity index (χ3v) is 5.10. The first kappa shape index (κ1) is 16.2. The van der Waals surface area contributed by atoms with Gasteiger partial charge in [0.2, 0.25) is 0 Å². The van der Waals surface area contributed by atoms with Gasteiger partial charge in [-0.25, -0.2) is 4.31 Å². The summed E-state index contributed by atoms with van der Waals surface area (Å²) in [7, 11) is 1.91. The van der Waals surface area contributed by atoms with E-state index in [0.29, 0.717) is 0 Å². The van der Waals surface area contributed by atoms with E-state index in [4.69, 9.17) is 0 Å². The Bertz CT molecular complexity index is 925. The van der Waals surface area contributed by atoms with Crippen molar-refractivity contribution in [1.82, 2.24) is 9.29 Å². The predicted octanol–water partition coefficient (Wildman–Crippen LogP) is 5.26. The first-order valence-corrected chi connectivity index (χ1v) is 8.43. The molecular formula is C18H14F3N3S. The number of aromatic nitrogens is 1. The van der Waals surface area contributed by atoms with Crippen molar-refractivity contribution in [3.63, 3.8) is 0 Å². The number of nitrogens with zero attached hydrogens (tertiary/aromatic N) is 2. The smallest absolute Gasteiger partial charge is 0.314 e. The Hall–Kier alpha value is -2.25. The molecule has 1 aliphatic rings. The van der Waals surface area contributed by atoms with Crippen LogP contribution in [-0.4, -0.2) is 16.3 Å². The van der Waals surface area contributed by atoms with Crippen LogP contribution in [0.5, 0.6) is 0 Å². The molecule has 1 aromatic heterocycles. The standard InChI is InChI=1S/C18H14F3N3S/c1-24-17(12-4-7-13(8-5-12)18(19,20)21)14-9-6-11-3-2-10-22-15(11)16(14)23-25-24/h2-10,17,23H,1H3. The van der Waals surface area contributed by atoms with E-state index in [2.05, 4.69) is 9.71 Å². The second-order valence-corrected chi connectivity index (χ2v) is 6.83. The SMILES string of the molecule is CN1SNc2c(ccc3cccnc23)C1c1ccc(C(F)(F)F)cc1. The highest BCUT2D eigenvalue weighted by Crippen LogP contribution is 2.44. The summed E-state index contributed by atoms with van der Waals surface area (Å²) in [6, 6.07) is 13.1. The van der Waals surface area contributed by atoms with Crippen molar-refractivity contribution < 1.29 is 13.2 Å². The summed E-state index contributed by atoms with van der Waals surface area (Å²) in [6.07, 6.45) is -2.59. The molecule has 4 rings (SSSR count). The molecule has 0 fully saturated rings. The van der Waals surface area contributed by atoms with Crippen molar-refractivity contribution in [1.29, 1.82) is 0 Å². The van der Waals surface area contributed by atoms with Gasteiger partial charge in [0.05, 0.1) is 22.8 Å². The molecule has 1 N–H and O–H groups in total. The maximum Gasteiger partial charge on any atom is 0.416 e. The molecule has 3 nitrogen and oxygen atoms in total. The molecule has 2 heterocycles. The molecule has 0 saturated heterocycles. The van der Waals surface area contributed by atoms with Gasteiger partial charge in [-0.1, -0.05) is 30.3 Å². The van der Waals surface area contributed by atoms with Gasteiger partial charge in [-0.15, -0.1) is 0 Å². The third-order valence-electron chi connectivity index (χ3n) is 4.31. The number of pyridine rings is 1. The molecule has 25 heavy (non-hydrogen) atoms. The van der Waals surface area contributed by atoms with Crippen molar-refractivity contribution >= 4 is 28.7 Å². The Morgan fingerprint density at radius 2 is 1.84 bits per heavy atom. The Morgan fingerprint density at radius 3 is 2.56 bits per heavy atom. The monoisotopic (exact) mass is 361 g/mol. The minimum atomic E-state index is -4.33. The second kappa shape index (κ2) is 5.93. The van der Waals surface area contributed by atoms with Crippen molar-refractivity contribution in [3.05, 3.63) is 71.4 Å². The van der Waals surface area contributed by atoms with Gasteiger partial charge in [0.15, 0.2) is 0 Å². The fraction of sp³-hybridized carbons (Fsp3) is 0.167. The number of hydrogen-bond donors (Lipinski definition) is 1. The zero-order chi connectivity index (χ0) is 17.6. The first-order chi connectivity index (χ1) is 11.9. The summed E-state index contributed by atoms with van der Waals surface area (Å²) < 4.78 is 43.7. The summed E-state index contributed by atoms with van der Waals surface area (Å²) in [5.41, 5.74) is 2.93. The maximum absolute atomic E-state index is 12.8. The van der Waals surface area contributed by atoms with Crippen LogP contribution in [0, 0.1) is 0 Å². The molecule has 128 valence electrons. The van der Waals surface area contributed by atoms with Crippen molar-refractivity contribution in [2.24, 2.45) is 0 Å². The zero-order valence-corrected chi connectivity index (χ0v) is 14.0. The number of fused-ring (bicyclic) bond motifs is 3.